The molecule has 5 heteroatoms. The maximum atomic E-state index is 12.7. The van der Waals surface area contributed by atoms with Gasteiger partial charge < -0.3 is 10.2 Å². The van der Waals surface area contributed by atoms with E-state index < -0.39 is 0 Å². The van der Waals surface area contributed by atoms with E-state index >= 15 is 0 Å². The number of carbonyl (C=O) groups excluding carboxylic acids is 1. The zero-order valence-electron chi connectivity index (χ0n) is 12.1. The van der Waals surface area contributed by atoms with E-state index in [1.807, 2.05) is 18.8 Å². The van der Waals surface area contributed by atoms with Gasteiger partial charge in [0.25, 0.3) is 0 Å². The van der Waals surface area contributed by atoms with Crippen molar-refractivity contribution in [2.24, 2.45) is 5.41 Å². The third kappa shape index (κ3) is 2.74. The van der Waals surface area contributed by atoms with Gasteiger partial charge in [0.15, 0.2) is 0 Å². The van der Waals surface area contributed by atoms with Gasteiger partial charge in [-0.2, -0.15) is 0 Å². The molecule has 2 heterocycles. The van der Waals surface area contributed by atoms with Gasteiger partial charge in [0, 0.05) is 17.6 Å². The largest absolute Gasteiger partial charge is 0.336 e. The minimum absolute atomic E-state index is 0.0112. The van der Waals surface area contributed by atoms with E-state index in [0.717, 1.165) is 19.5 Å². The van der Waals surface area contributed by atoms with Gasteiger partial charge in [0.1, 0.15) is 0 Å². The summed E-state index contributed by atoms with van der Waals surface area (Å²) in [6, 6.07) is -0.0112. The Balaban J connectivity index is 1.81. The smallest absolute Gasteiger partial charge is 0.240 e. The summed E-state index contributed by atoms with van der Waals surface area (Å²) in [5, 5.41) is 3.21. The van der Waals surface area contributed by atoms with Crippen molar-refractivity contribution in [1.29, 1.82) is 0 Å². The molecule has 1 aliphatic heterocycles. The van der Waals surface area contributed by atoms with Crippen LogP contribution in [0.25, 0.3) is 0 Å². The summed E-state index contributed by atoms with van der Waals surface area (Å²) in [6.07, 6.45) is 9.28. The Morgan fingerprint density at radius 2 is 2.25 bits per heavy atom. The molecule has 2 fully saturated rings. The Hall–Kier alpha value is -0.940. The monoisotopic (exact) mass is 293 g/mol. The molecule has 1 aromatic rings. The SMILES string of the molecule is CNC1CCC2(CCCC2)CN(Cc2cncs2)C1=O. The maximum absolute atomic E-state index is 12.7. The lowest BCUT2D eigenvalue weighted by Crippen LogP contribution is -2.44. The van der Waals surface area contributed by atoms with E-state index in [2.05, 4.69) is 15.2 Å². The van der Waals surface area contributed by atoms with E-state index in [9.17, 15) is 4.79 Å². The van der Waals surface area contributed by atoms with Crippen molar-refractivity contribution in [3.8, 4) is 0 Å². The molecule has 1 unspecified atom stereocenters. The zero-order chi connectivity index (χ0) is 14.0. The van der Waals surface area contributed by atoms with E-state index in [4.69, 9.17) is 0 Å². The van der Waals surface area contributed by atoms with Crippen LogP contribution in [0.3, 0.4) is 0 Å². The van der Waals surface area contributed by atoms with Gasteiger partial charge in [-0.15, -0.1) is 11.3 Å². The fourth-order valence-electron chi connectivity index (χ4n) is 3.80. The molecule has 20 heavy (non-hydrogen) atoms. The van der Waals surface area contributed by atoms with E-state index in [-0.39, 0.29) is 11.9 Å². The number of likely N-dealkylation sites (N-methyl/N-ethyl adjacent to an activating group) is 1. The molecule has 0 bridgehead atoms. The van der Waals surface area contributed by atoms with Crippen molar-refractivity contribution in [2.45, 2.75) is 51.1 Å². The molecule has 1 aromatic heterocycles. The first kappa shape index (κ1) is 14.0. The molecule has 0 aromatic carbocycles. The van der Waals surface area contributed by atoms with Crippen LogP contribution >= 0.6 is 11.3 Å². The molecular weight excluding hydrogens is 270 g/mol. The minimum atomic E-state index is -0.0112. The fraction of sp³-hybridized carbons (Fsp3) is 0.733. The summed E-state index contributed by atoms with van der Waals surface area (Å²) in [4.78, 5) is 20.1. The number of nitrogens with one attached hydrogen (secondary N) is 1. The standard InChI is InChI=1S/C15H23N3OS/c1-16-13-4-7-15(5-2-3-6-15)10-18(14(13)19)9-12-8-17-11-20-12/h8,11,13,16H,2-7,9-10H2,1H3. The van der Waals surface area contributed by atoms with E-state index in [1.54, 1.807) is 11.3 Å². The number of thiazole rings is 1. The second-order valence-corrected chi connectivity index (χ2v) is 7.22. The number of aromatic nitrogens is 1. The first-order valence-electron chi connectivity index (χ1n) is 7.56. The highest BCUT2D eigenvalue weighted by Gasteiger charge is 2.41. The Morgan fingerprint density at radius 3 is 2.90 bits per heavy atom. The van der Waals surface area contributed by atoms with Crippen molar-refractivity contribution in [3.05, 3.63) is 16.6 Å². The van der Waals surface area contributed by atoms with Crippen LogP contribution in [0.2, 0.25) is 0 Å². The molecule has 1 aliphatic carbocycles. The molecule has 3 rings (SSSR count). The summed E-state index contributed by atoms with van der Waals surface area (Å²) < 4.78 is 0. The average molecular weight is 293 g/mol. The molecule has 1 saturated heterocycles. The number of hydrogen-bond donors (Lipinski definition) is 1. The number of rotatable bonds is 3. The lowest BCUT2D eigenvalue weighted by molar-refractivity contribution is -0.134. The van der Waals surface area contributed by atoms with Crippen molar-refractivity contribution < 1.29 is 4.79 Å². The second-order valence-electron chi connectivity index (χ2n) is 6.25. The van der Waals surface area contributed by atoms with Crippen LogP contribution < -0.4 is 5.32 Å². The summed E-state index contributed by atoms with van der Waals surface area (Å²) in [6.45, 7) is 1.66. The molecule has 1 spiro atoms. The van der Waals surface area contributed by atoms with Gasteiger partial charge in [-0.05, 0) is 38.1 Å². The topological polar surface area (TPSA) is 45.2 Å². The first-order valence-corrected chi connectivity index (χ1v) is 8.44. The van der Waals surface area contributed by atoms with Crippen LogP contribution in [-0.2, 0) is 11.3 Å². The fourth-order valence-corrected chi connectivity index (χ4v) is 4.41. The van der Waals surface area contributed by atoms with Crippen LogP contribution in [0.15, 0.2) is 11.7 Å². The predicted octanol–water partition coefficient (Wildman–Crippen LogP) is 2.41. The summed E-state index contributed by atoms with van der Waals surface area (Å²) >= 11 is 1.64. The van der Waals surface area contributed by atoms with E-state index in [1.165, 1.54) is 37.0 Å². The quantitative estimate of drug-likeness (QED) is 0.931. The molecule has 0 radical (unpaired) electrons. The van der Waals surface area contributed by atoms with E-state index in [0.29, 0.717) is 5.41 Å². The van der Waals surface area contributed by atoms with Gasteiger partial charge in [-0.25, -0.2) is 0 Å². The number of amides is 1. The highest BCUT2D eigenvalue weighted by Crippen LogP contribution is 2.44. The van der Waals surface area contributed by atoms with Crippen molar-refractivity contribution in [3.63, 3.8) is 0 Å². The van der Waals surface area contributed by atoms with Crippen LogP contribution in [0.5, 0.6) is 0 Å². The van der Waals surface area contributed by atoms with Crippen LogP contribution in [0.1, 0.15) is 43.4 Å². The van der Waals surface area contributed by atoms with Gasteiger partial charge in [-0.3, -0.25) is 9.78 Å². The average Bonchev–Trinajstić information content (AvgIpc) is 3.08. The third-order valence-corrected chi connectivity index (χ3v) is 5.71. The first-order chi connectivity index (χ1) is 9.72. The van der Waals surface area contributed by atoms with Crippen molar-refractivity contribution >= 4 is 17.2 Å². The lowest BCUT2D eigenvalue weighted by atomic mass is 9.81. The van der Waals surface area contributed by atoms with Crippen molar-refractivity contribution in [1.82, 2.24) is 15.2 Å². The second kappa shape index (κ2) is 5.82. The highest BCUT2D eigenvalue weighted by molar-refractivity contribution is 7.09. The molecule has 1 amide bonds. The molecule has 1 N–H and O–H groups in total. The Morgan fingerprint density at radius 1 is 1.45 bits per heavy atom. The maximum Gasteiger partial charge on any atom is 0.240 e. The van der Waals surface area contributed by atoms with Crippen LogP contribution in [0, 0.1) is 5.41 Å². The highest BCUT2D eigenvalue weighted by atomic mass is 32.1. The van der Waals surface area contributed by atoms with Gasteiger partial charge in [-0.1, -0.05) is 12.8 Å². The molecule has 2 aliphatic rings. The van der Waals surface area contributed by atoms with Crippen LogP contribution in [-0.4, -0.2) is 35.4 Å². The molecular formula is C15H23N3OS. The molecule has 1 saturated carbocycles. The summed E-state index contributed by atoms with van der Waals surface area (Å²) in [7, 11) is 1.90. The molecule has 110 valence electrons. The molecule has 1 atom stereocenters. The minimum Gasteiger partial charge on any atom is -0.336 e. The Bertz CT molecular complexity index is 454. The van der Waals surface area contributed by atoms with Gasteiger partial charge in [0.2, 0.25) is 5.91 Å². The Labute approximate surface area is 124 Å². The zero-order valence-corrected chi connectivity index (χ0v) is 12.9. The predicted molar refractivity (Wildman–Crippen MR) is 80.5 cm³/mol. The van der Waals surface area contributed by atoms with Gasteiger partial charge in [0.05, 0.1) is 18.1 Å². The third-order valence-electron chi connectivity index (χ3n) is 4.94. The van der Waals surface area contributed by atoms with Crippen molar-refractivity contribution in [2.75, 3.05) is 13.6 Å². The summed E-state index contributed by atoms with van der Waals surface area (Å²) in [5.74, 6) is 0.268. The normalized spacial score (nSPS) is 26.1. The van der Waals surface area contributed by atoms with Gasteiger partial charge >= 0.3 is 0 Å². The molecule has 4 nitrogen and oxygen atoms in total. The lowest BCUT2D eigenvalue weighted by Gasteiger charge is -2.32. The number of hydrogen-bond acceptors (Lipinski definition) is 4. The Kier molecular flexibility index (Phi) is 4.08. The number of carbonyl (C=O) groups is 1. The summed E-state index contributed by atoms with van der Waals surface area (Å²) in [5.41, 5.74) is 2.23. The number of likely N-dealkylation sites (tertiary alicyclic amines) is 1. The number of nitrogens with zero attached hydrogens (tertiary/aromatic N) is 2. The van der Waals surface area contributed by atoms with Crippen LogP contribution in [0.4, 0.5) is 0 Å².